The molecule has 2 heterocycles. The summed E-state index contributed by atoms with van der Waals surface area (Å²) in [6.07, 6.45) is 9.82. The molecule has 3 heteroatoms. The first kappa shape index (κ1) is 9.65. The van der Waals surface area contributed by atoms with Crippen LogP contribution in [-0.2, 0) is 14.1 Å². The van der Waals surface area contributed by atoms with E-state index in [9.17, 15) is 0 Å². The van der Waals surface area contributed by atoms with E-state index in [1.165, 1.54) is 0 Å². The molecule has 76 valence electrons. The van der Waals surface area contributed by atoms with Gasteiger partial charge < -0.3 is 4.57 Å². The third-order valence-corrected chi connectivity index (χ3v) is 2.36. The van der Waals surface area contributed by atoms with Crippen molar-refractivity contribution in [3.8, 4) is 0 Å². The number of hydrogen-bond donors (Lipinski definition) is 0. The lowest BCUT2D eigenvalue weighted by atomic mass is 10.3. The van der Waals surface area contributed by atoms with Crippen LogP contribution >= 0.6 is 0 Å². The summed E-state index contributed by atoms with van der Waals surface area (Å²) in [4.78, 5) is 4.23. The Morgan fingerprint density at radius 1 is 1.33 bits per heavy atom. The molecule has 2 aromatic rings. The predicted molar refractivity (Wildman–Crippen MR) is 59.8 cm³/mol. The number of pyridine rings is 1. The number of nitrogens with zero attached hydrogens (tertiary/aromatic N) is 3. The molecule has 3 nitrogen and oxygen atoms in total. The fourth-order valence-corrected chi connectivity index (χ4v) is 1.41. The molecular weight excluding hydrogens is 186 g/mol. The highest BCUT2D eigenvalue weighted by Crippen LogP contribution is 2.01. The average Bonchev–Trinajstić information content (AvgIpc) is 2.63. The van der Waals surface area contributed by atoms with Crippen molar-refractivity contribution < 1.29 is 4.57 Å². The molecule has 0 aliphatic carbocycles. The average molecular weight is 200 g/mol. The van der Waals surface area contributed by atoms with Gasteiger partial charge in [0.15, 0.2) is 6.20 Å². The zero-order valence-electron chi connectivity index (χ0n) is 8.96. The van der Waals surface area contributed by atoms with Crippen LogP contribution in [0.25, 0.3) is 12.2 Å². The Bertz CT molecular complexity index is 483. The number of hydrogen-bond acceptors (Lipinski definition) is 1. The summed E-state index contributed by atoms with van der Waals surface area (Å²) < 4.78 is 4.05. The van der Waals surface area contributed by atoms with Crippen molar-refractivity contribution in [3.63, 3.8) is 0 Å². The van der Waals surface area contributed by atoms with Gasteiger partial charge in [0.1, 0.15) is 12.9 Å². The second-order valence-corrected chi connectivity index (χ2v) is 3.47. The molecule has 2 aromatic heterocycles. The highest BCUT2D eigenvalue weighted by molar-refractivity contribution is 5.63. The number of rotatable bonds is 2. The van der Waals surface area contributed by atoms with Crippen molar-refractivity contribution in [1.29, 1.82) is 0 Å². The van der Waals surface area contributed by atoms with Crippen LogP contribution in [0.5, 0.6) is 0 Å². The van der Waals surface area contributed by atoms with E-state index in [0.29, 0.717) is 0 Å². The predicted octanol–water partition coefficient (Wildman–Crippen LogP) is 1.42. The highest BCUT2D eigenvalue weighted by atomic mass is 15.0. The van der Waals surface area contributed by atoms with Crippen LogP contribution in [0.15, 0.2) is 36.8 Å². The molecule has 15 heavy (non-hydrogen) atoms. The molecule has 0 aliphatic heterocycles. The van der Waals surface area contributed by atoms with Crippen molar-refractivity contribution in [3.05, 3.63) is 48.3 Å². The minimum atomic E-state index is 0.957. The summed E-state index contributed by atoms with van der Waals surface area (Å²) >= 11 is 0. The SMILES string of the molecule is Cn1ccnc1/C=C/c1cccc[n+]1C. The van der Waals surface area contributed by atoms with Crippen molar-refractivity contribution in [1.82, 2.24) is 9.55 Å². The second kappa shape index (κ2) is 4.09. The maximum atomic E-state index is 4.23. The third kappa shape index (κ3) is 2.13. The third-order valence-electron chi connectivity index (χ3n) is 2.36. The molecule has 0 radical (unpaired) electrons. The van der Waals surface area contributed by atoms with Gasteiger partial charge in [0.2, 0.25) is 5.69 Å². The lowest BCUT2D eigenvalue weighted by Crippen LogP contribution is -2.30. The summed E-state index contributed by atoms with van der Waals surface area (Å²) in [5.74, 6) is 0.957. The summed E-state index contributed by atoms with van der Waals surface area (Å²) in [6, 6.07) is 6.11. The lowest BCUT2D eigenvalue weighted by Gasteiger charge is -1.94. The lowest BCUT2D eigenvalue weighted by molar-refractivity contribution is -0.673. The first-order chi connectivity index (χ1) is 7.27. The van der Waals surface area contributed by atoms with Gasteiger partial charge in [-0.3, -0.25) is 0 Å². The molecule has 0 bridgehead atoms. The highest BCUT2D eigenvalue weighted by Gasteiger charge is 1.99. The molecule has 0 amide bonds. The first-order valence-corrected chi connectivity index (χ1v) is 4.87. The van der Waals surface area contributed by atoms with Gasteiger partial charge >= 0.3 is 0 Å². The quantitative estimate of drug-likeness (QED) is 0.672. The van der Waals surface area contributed by atoms with Gasteiger partial charge in [-0.2, -0.15) is 0 Å². The number of aromatic nitrogens is 3. The van der Waals surface area contributed by atoms with Crippen LogP contribution in [-0.4, -0.2) is 9.55 Å². The Labute approximate surface area is 89.3 Å². The van der Waals surface area contributed by atoms with E-state index in [1.807, 2.05) is 49.3 Å². The van der Waals surface area contributed by atoms with E-state index in [0.717, 1.165) is 11.5 Å². The van der Waals surface area contributed by atoms with E-state index >= 15 is 0 Å². The smallest absolute Gasteiger partial charge is 0.205 e. The van der Waals surface area contributed by atoms with Gasteiger partial charge in [0, 0.05) is 37.7 Å². The molecule has 0 spiro atoms. The fourth-order valence-electron chi connectivity index (χ4n) is 1.41. The molecule has 0 atom stereocenters. The Morgan fingerprint density at radius 3 is 2.87 bits per heavy atom. The van der Waals surface area contributed by atoms with Crippen LogP contribution in [0.1, 0.15) is 11.5 Å². The van der Waals surface area contributed by atoms with E-state index in [2.05, 4.69) is 21.7 Å². The van der Waals surface area contributed by atoms with Crippen molar-refractivity contribution in [2.24, 2.45) is 14.1 Å². The minimum absolute atomic E-state index is 0.957. The van der Waals surface area contributed by atoms with Crippen LogP contribution in [0.2, 0.25) is 0 Å². The number of aryl methyl sites for hydroxylation is 2. The molecule has 0 fully saturated rings. The monoisotopic (exact) mass is 200 g/mol. The van der Waals surface area contributed by atoms with E-state index < -0.39 is 0 Å². The maximum absolute atomic E-state index is 4.23. The normalized spacial score (nSPS) is 11.1. The largest absolute Gasteiger partial charge is 0.335 e. The summed E-state index contributed by atoms with van der Waals surface area (Å²) in [7, 11) is 4.01. The molecule has 0 unspecified atom stereocenters. The first-order valence-electron chi connectivity index (χ1n) is 4.87. The van der Waals surface area contributed by atoms with Crippen LogP contribution < -0.4 is 4.57 Å². The van der Waals surface area contributed by atoms with E-state index in [-0.39, 0.29) is 0 Å². The Kier molecular flexibility index (Phi) is 2.63. The zero-order valence-corrected chi connectivity index (χ0v) is 8.96. The standard InChI is InChI=1S/C12H14N3/c1-14-9-4-3-5-11(14)6-7-12-13-8-10-15(12)2/h3-10H,1-2H3/q+1. The van der Waals surface area contributed by atoms with Gasteiger partial charge in [-0.25, -0.2) is 9.55 Å². The Balaban J connectivity index is 2.26. The van der Waals surface area contributed by atoms with Gasteiger partial charge in [-0.15, -0.1) is 0 Å². The van der Waals surface area contributed by atoms with Crippen molar-refractivity contribution in [2.75, 3.05) is 0 Å². The fraction of sp³-hybridized carbons (Fsp3) is 0.167. The second-order valence-electron chi connectivity index (χ2n) is 3.47. The van der Waals surface area contributed by atoms with Crippen LogP contribution in [0, 0.1) is 0 Å². The van der Waals surface area contributed by atoms with Gasteiger partial charge in [-0.05, 0) is 12.1 Å². The number of imidazole rings is 1. The molecule has 0 saturated heterocycles. The minimum Gasteiger partial charge on any atom is -0.335 e. The summed E-state index contributed by atoms with van der Waals surface area (Å²) in [5.41, 5.74) is 1.15. The summed E-state index contributed by atoms with van der Waals surface area (Å²) in [6.45, 7) is 0. The van der Waals surface area contributed by atoms with Gasteiger partial charge in [-0.1, -0.05) is 0 Å². The molecular formula is C12H14N3+. The topological polar surface area (TPSA) is 21.7 Å². The molecule has 0 N–H and O–H groups in total. The van der Waals surface area contributed by atoms with E-state index in [4.69, 9.17) is 0 Å². The summed E-state index contributed by atoms with van der Waals surface area (Å²) in [5, 5.41) is 0. The Hall–Kier alpha value is -1.90. The van der Waals surface area contributed by atoms with Gasteiger partial charge in [0.05, 0.1) is 0 Å². The van der Waals surface area contributed by atoms with Crippen molar-refractivity contribution >= 4 is 12.2 Å². The van der Waals surface area contributed by atoms with Gasteiger partial charge in [0.25, 0.3) is 0 Å². The molecule has 0 aromatic carbocycles. The van der Waals surface area contributed by atoms with Crippen LogP contribution in [0.3, 0.4) is 0 Å². The van der Waals surface area contributed by atoms with E-state index in [1.54, 1.807) is 6.20 Å². The molecule has 2 rings (SSSR count). The Morgan fingerprint density at radius 2 is 2.20 bits per heavy atom. The maximum Gasteiger partial charge on any atom is 0.205 e. The zero-order chi connectivity index (χ0) is 10.7. The van der Waals surface area contributed by atoms with Crippen LogP contribution in [0.4, 0.5) is 0 Å². The van der Waals surface area contributed by atoms with Crippen molar-refractivity contribution in [2.45, 2.75) is 0 Å². The molecule has 0 aliphatic rings. The molecule has 0 saturated carbocycles.